The molecule has 0 bridgehead atoms. The van der Waals surface area contributed by atoms with Gasteiger partial charge >= 0.3 is 5.97 Å². The van der Waals surface area contributed by atoms with Crippen LogP contribution in [0.3, 0.4) is 0 Å². The molecule has 0 fully saturated rings. The van der Waals surface area contributed by atoms with Gasteiger partial charge in [0, 0.05) is 12.4 Å². The van der Waals surface area contributed by atoms with Crippen LogP contribution >= 0.6 is 0 Å². The molecule has 3 rings (SSSR count). The van der Waals surface area contributed by atoms with Crippen molar-refractivity contribution in [3.8, 4) is 0 Å². The summed E-state index contributed by atoms with van der Waals surface area (Å²) >= 11 is 0. The number of aryl methyl sites for hydroxylation is 1. The third-order valence-corrected chi connectivity index (χ3v) is 4.10. The molecule has 0 saturated heterocycles. The molecule has 1 aliphatic rings. The predicted molar refractivity (Wildman–Crippen MR) is 76.6 cm³/mol. The van der Waals surface area contributed by atoms with Gasteiger partial charge < -0.3 is 5.11 Å². The summed E-state index contributed by atoms with van der Waals surface area (Å²) in [7, 11) is 0. The number of aromatic nitrogens is 1. The lowest BCUT2D eigenvalue weighted by molar-refractivity contribution is -0.148. The van der Waals surface area contributed by atoms with Gasteiger partial charge in [-0.15, -0.1) is 0 Å². The number of pyridine rings is 1. The topological polar surface area (TPSA) is 50.2 Å². The van der Waals surface area contributed by atoms with Crippen LogP contribution in [0, 0.1) is 12.3 Å². The number of hydrogen-bond donors (Lipinski definition) is 1. The second-order valence-corrected chi connectivity index (χ2v) is 5.76. The molecule has 0 unspecified atom stereocenters. The molecule has 1 aromatic heterocycles. The van der Waals surface area contributed by atoms with E-state index in [9.17, 15) is 9.90 Å². The molecule has 20 heavy (non-hydrogen) atoms. The molecular formula is C17H17NO2. The molecule has 1 heterocycles. The molecular weight excluding hydrogens is 250 g/mol. The van der Waals surface area contributed by atoms with E-state index in [1.807, 2.05) is 37.3 Å². The van der Waals surface area contributed by atoms with Crippen molar-refractivity contribution in [1.82, 2.24) is 4.98 Å². The zero-order valence-corrected chi connectivity index (χ0v) is 11.5. The average molecular weight is 267 g/mol. The molecule has 0 amide bonds. The fraction of sp³-hybridized carbons (Fsp3) is 0.294. The first kappa shape index (κ1) is 12.9. The standard InChI is InChI=1S/C17H17NO2/c1-12-6-13(11-18-10-12)7-17(16(19)20)8-14-4-2-3-5-15(14)9-17/h2-6,10-11H,7-9H2,1H3,(H,19,20). The van der Waals surface area contributed by atoms with Crippen molar-refractivity contribution in [2.75, 3.05) is 0 Å². The van der Waals surface area contributed by atoms with Crippen molar-refractivity contribution in [1.29, 1.82) is 0 Å². The van der Waals surface area contributed by atoms with Gasteiger partial charge in [0.25, 0.3) is 0 Å². The molecule has 3 heteroatoms. The maximum absolute atomic E-state index is 11.9. The Morgan fingerprint density at radius 3 is 2.45 bits per heavy atom. The molecule has 1 N–H and O–H groups in total. The van der Waals surface area contributed by atoms with Gasteiger partial charge in [0.05, 0.1) is 5.41 Å². The van der Waals surface area contributed by atoms with E-state index in [4.69, 9.17) is 0 Å². The minimum Gasteiger partial charge on any atom is -0.481 e. The molecule has 0 atom stereocenters. The summed E-state index contributed by atoms with van der Waals surface area (Å²) in [5.74, 6) is -0.713. The highest BCUT2D eigenvalue weighted by Gasteiger charge is 2.43. The Kier molecular flexibility index (Phi) is 3.05. The highest BCUT2D eigenvalue weighted by atomic mass is 16.4. The van der Waals surface area contributed by atoms with Crippen LogP contribution in [-0.4, -0.2) is 16.1 Å². The molecule has 1 aromatic carbocycles. The van der Waals surface area contributed by atoms with Gasteiger partial charge in [-0.1, -0.05) is 30.3 Å². The van der Waals surface area contributed by atoms with Crippen molar-refractivity contribution in [2.45, 2.75) is 26.2 Å². The highest BCUT2D eigenvalue weighted by Crippen LogP contribution is 2.39. The first-order chi connectivity index (χ1) is 9.59. The lowest BCUT2D eigenvalue weighted by Crippen LogP contribution is -2.34. The van der Waals surface area contributed by atoms with E-state index in [0.29, 0.717) is 19.3 Å². The highest BCUT2D eigenvalue weighted by molar-refractivity contribution is 5.77. The van der Waals surface area contributed by atoms with Gasteiger partial charge in [-0.3, -0.25) is 9.78 Å². The largest absolute Gasteiger partial charge is 0.481 e. The normalized spacial score (nSPS) is 15.8. The summed E-state index contributed by atoms with van der Waals surface area (Å²) in [5, 5.41) is 9.75. The smallest absolute Gasteiger partial charge is 0.310 e. The van der Waals surface area contributed by atoms with Crippen LogP contribution < -0.4 is 0 Å². The number of rotatable bonds is 3. The van der Waals surface area contributed by atoms with Crippen LogP contribution in [0.5, 0.6) is 0 Å². The number of carbonyl (C=O) groups is 1. The van der Waals surface area contributed by atoms with Crippen LogP contribution in [0.4, 0.5) is 0 Å². The maximum atomic E-state index is 11.9. The van der Waals surface area contributed by atoms with Gasteiger partial charge in [-0.2, -0.15) is 0 Å². The third-order valence-electron chi connectivity index (χ3n) is 4.10. The van der Waals surface area contributed by atoms with E-state index in [0.717, 1.165) is 22.3 Å². The SMILES string of the molecule is Cc1cncc(CC2(C(=O)O)Cc3ccccc3C2)c1. The third kappa shape index (κ3) is 2.20. The number of benzene rings is 1. The molecule has 0 radical (unpaired) electrons. The van der Waals surface area contributed by atoms with Crippen molar-refractivity contribution in [3.63, 3.8) is 0 Å². The Morgan fingerprint density at radius 2 is 1.90 bits per heavy atom. The molecule has 0 spiro atoms. The van der Waals surface area contributed by atoms with Gasteiger partial charge in [0.2, 0.25) is 0 Å². The summed E-state index contributed by atoms with van der Waals surface area (Å²) in [6, 6.07) is 10.1. The van der Waals surface area contributed by atoms with E-state index < -0.39 is 11.4 Å². The maximum Gasteiger partial charge on any atom is 0.310 e. The second kappa shape index (κ2) is 4.75. The fourth-order valence-corrected chi connectivity index (χ4v) is 3.15. The second-order valence-electron chi connectivity index (χ2n) is 5.76. The molecule has 102 valence electrons. The lowest BCUT2D eigenvalue weighted by Gasteiger charge is -2.24. The van der Waals surface area contributed by atoms with E-state index in [-0.39, 0.29) is 0 Å². The van der Waals surface area contributed by atoms with E-state index in [1.54, 1.807) is 12.4 Å². The van der Waals surface area contributed by atoms with E-state index in [2.05, 4.69) is 4.98 Å². The summed E-state index contributed by atoms with van der Waals surface area (Å²) in [6.07, 6.45) is 5.31. The first-order valence-electron chi connectivity index (χ1n) is 6.80. The van der Waals surface area contributed by atoms with Crippen LogP contribution in [-0.2, 0) is 24.1 Å². The average Bonchev–Trinajstić information content (AvgIpc) is 2.78. The van der Waals surface area contributed by atoms with Crippen molar-refractivity contribution in [2.24, 2.45) is 5.41 Å². The zero-order valence-electron chi connectivity index (χ0n) is 11.5. The monoisotopic (exact) mass is 267 g/mol. The van der Waals surface area contributed by atoms with Crippen LogP contribution in [0.2, 0.25) is 0 Å². The summed E-state index contributed by atoms with van der Waals surface area (Å²) in [4.78, 5) is 16.0. The summed E-state index contributed by atoms with van der Waals surface area (Å²) < 4.78 is 0. The summed E-state index contributed by atoms with van der Waals surface area (Å²) in [5.41, 5.74) is 3.67. The lowest BCUT2D eigenvalue weighted by atomic mass is 9.79. The van der Waals surface area contributed by atoms with Crippen LogP contribution in [0.15, 0.2) is 42.7 Å². The van der Waals surface area contributed by atoms with Crippen LogP contribution in [0.25, 0.3) is 0 Å². The number of fused-ring (bicyclic) bond motifs is 1. The van der Waals surface area contributed by atoms with Gasteiger partial charge in [-0.05, 0) is 48.4 Å². The van der Waals surface area contributed by atoms with E-state index >= 15 is 0 Å². The predicted octanol–water partition coefficient (Wildman–Crippen LogP) is 2.80. The van der Waals surface area contributed by atoms with E-state index in [1.165, 1.54) is 0 Å². The molecule has 0 aliphatic heterocycles. The first-order valence-corrected chi connectivity index (χ1v) is 6.80. The quantitative estimate of drug-likeness (QED) is 0.930. The Morgan fingerprint density at radius 1 is 1.25 bits per heavy atom. The molecule has 0 saturated carbocycles. The molecule has 3 nitrogen and oxygen atoms in total. The van der Waals surface area contributed by atoms with Crippen molar-refractivity contribution in [3.05, 3.63) is 65.0 Å². The Hall–Kier alpha value is -2.16. The summed E-state index contributed by atoms with van der Waals surface area (Å²) in [6.45, 7) is 1.98. The Labute approximate surface area is 118 Å². The Bertz CT molecular complexity index is 639. The van der Waals surface area contributed by atoms with Gasteiger partial charge in [-0.25, -0.2) is 0 Å². The Balaban J connectivity index is 1.94. The minimum atomic E-state index is -0.723. The fourth-order valence-electron chi connectivity index (χ4n) is 3.15. The number of carboxylic acids is 1. The number of carboxylic acid groups (broad SMARTS) is 1. The van der Waals surface area contributed by atoms with Gasteiger partial charge in [0.15, 0.2) is 0 Å². The van der Waals surface area contributed by atoms with Crippen molar-refractivity contribution < 1.29 is 9.90 Å². The number of nitrogens with zero attached hydrogens (tertiary/aromatic N) is 1. The molecule has 1 aliphatic carbocycles. The minimum absolute atomic E-state index is 0.533. The number of hydrogen-bond acceptors (Lipinski definition) is 2. The van der Waals surface area contributed by atoms with Crippen molar-refractivity contribution >= 4 is 5.97 Å². The molecule has 2 aromatic rings. The zero-order chi connectivity index (χ0) is 14.2. The van der Waals surface area contributed by atoms with Gasteiger partial charge in [0.1, 0.15) is 0 Å². The van der Waals surface area contributed by atoms with Crippen LogP contribution in [0.1, 0.15) is 22.3 Å². The number of aliphatic carboxylic acids is 1.